The SMILES string of the molecule is COCC1CCN(Cc2cnc(C3CCCCC3)nc2)C1. The van der Waals surface area contributed by atoms with E-state index in [-0.39, 0.29) is 0 Å². The molecule has 1 saturated heterocycles. The van der Waals surface area contributed by atoms with E-state index in [1.165, 1.54) is 50.6 Å². The summed E-state index contributed by atoms with van der Waals surface area (Å²) in [5, 5.41) is 0. The van der Waals surface area contributed by atoms with Gasteiger partial charge in [0.2, 0.25) is 0 Å². The van der Waals surface area contributed by atoms with Crippen molar-refractivity contribution in [2.75, 3.05) is 26.8 Å². The lowest BCUT2D eigenvalue weighted by atomic mass is 9.89. The summed E-state index contributed by atoms with van der Waals surface area (Å²) in [6, 6.07) is 0. The van der Waals surface area contributed by atoms with Gasteiger partial charge in [-0.05, 0) is 31.7 Å². The fraction of sp³-hybridized carbons (Fsp3) is 0.765. The first-order valence-corrected chi connectivity index (χ1v) is 8.37. The second-order valence-corrected chi connectivity index (χ2v) is 6.63. The molecule has 1 unspecified atom stereocenters. The largest absolute Gasteiger partial charge is 0.384 e. The number of hydrogen-bond donors (Lipinski definition) is 0. The van der Waals surface area contributed by atoms with Crippen molar-refractivity contribution in [2.45, 2.75) is 51.0 Å². The number of ether oxygens (including phenoxy) is 1. The summed E-state index contributed by atoms with van der Waals surface area (Å²) >= 11 is 0. The zero-order chi connectivity index (χ0) is 14.5. The monoisotopic (exact) mass is 289 g/mol. The Bertz CT molecular complexity index is 428. The maximum atomic E-state index is 5.26. The third-order valence-corrected chi connectivity index (χ3v) is 4.87. The van der Waals surface area contributed by atoms with Crippen molar-refractivity contribution >= 4 is 0 Å². The molecule has 1 aromatic rings. The van der Waals surface area contributed by atoms with Gasteiger partial charge in [-0.3, -0.25) is 4.90 Å². The van der Waals surface area contributed by atoms with Crippen molar-refractivity contribution in [3.05, 3.63) is 23.8 Å². The Hall–Kier alpha value is -1.00. The van der Waals surface area contributed by atoms with Crippen molar-refractivity contribution in [1.82, 2.24) is 14.9 Å². The second kappa shape index (κ2) is 7.32. The van der Waals surface area contributed by atoms with E-state index in [0.717, 1.165) is 25.5 Å². The summed E-state index contributed by atoms with van der Waals surface area (Å²) in [6.07, 6.45) is 11.9. The van der Waals surface area contributed by atoms with E-state index in [9.17, 15) is 0 Å². The summed E-state index contributed by atoms with van der Waals surface area (Å²) in [5.74, 6) is 2.36. The fourth-order valence-electron chi connectivity index (χ4n) is 3.70. The minimum atomic E-state index is 0.602. The van der Waals surface area contributed by atoms with Crippen LogP contribution in [0.5, 0.6) is 0 Å². The van der Waals surface area contributed by atoms with E-state index in [0.29, 0.717) is 11.8 Å². The van der Waals surface area contributed by atoms with Crippen molar-refractivity contribution in [1.29, 1.82) is 0 Å². The molecule has 0 spiro atoms. The van der Waals surface area contributed by atoms with Crippen LogP contribution in [-0.4, -0.2) is 41.7 Å². The van der Waals surface area contributed by atoms with Gasteiger partial charge in [-0.15, -0.1) is 0 Å². The predicted octanol–water partition coefficient (Wildman–Crippen LogP) is 2.99. The molecule has 0 radical (unpaired) electrons. The summed E-state index contributed by atoms with van der Waals surface area (Å²) in [6.45, 7) is 4.16. The highest BCUT2D eigenvalue weighted by Crippen LogP contribution is 2.30. The van der Waals surface area contributed by atoms with Crippen LogP contribution in [0.25, 0.3) is 0 Å². The number of likely N-dealkylation sites (tertiary alicyclic amines) is 1. The van der Waals surface area contributed by atoms with Crippen LogP contribution in [0, 0.1) is 5.92 Å². The van der Waals surface area contributed by atoms with E-state index in [1.807, 2.05) is 12.4 Å². The Morgan fingerprint density at radius 2 is 1.90 bits per heavy atom. The molecule has 1 aliphatic heterocycles. The number of hydrogen-bond acceptors (Lipinski definition) is 4. The van der Waals surface area contributed by atoms with E-state index < -0.39 is 0 Å². The van der Waals surface area contributed by atoms with E-state index in [2.05, 4.69) is 14.9 Å². The maximum absolute atomic E-state index is 5.26. The van der Waals surface area contributed by atoms with Crippen molar-refractivity contribution in [2.24, 2.45) is 5.92 Å². The van der Waals surface area contributed by atoms with Gasteiger partial charge in [-0.1, -0.05) is 19.3 Å². The smallest absolute Gasteiger partial charge is 0.131 e. The molecule has 4 nitrogen and oxygen atoms in total. The molecule has 116 valence electrons. The Morgan fingerprint density at radius 1 is 1.14 bits per heavy atom. The Morgan fingerprint density at radius 3 is 2.62 bits per heavy atom. The molecule has 2 fully saturated rings. The molecular weight excluding hydrogens is 262 g/mol. The molecule has 4 heteroatoms. The molecule has 21 heavy (non-hydrogen) atoms. The molecule has 0 amide bonds. The second-order valence-electron chi connectivity index (χ2n) is 6.63. The quantitative estimate of drug-likeness (QED) is 0.835. The summed E-state index contributed by atoms with van der Waals surface area (Å²) < 4.78 is 5.26. The summed E-state index contributed by atoms with van der Waals surface area (Å²) in [7, 11) is 1.79. The first-order chi connectivity index (χ1) is 10.3. The third-order valence-electron chi connectivity index (χ3n) is 4.87. The lowest BCUT2D eigenvalue weighted by Crippen LogP contribution is -2.21. The lowest BCUT2D eigenvalue weighted by Gasteiger charge is -2.20. The average Bonchev–Trinajstić information content (AvgIpc) is 2.97. The molecule has 1 aromatic heterocycles. The maximum Gasteiger partial charge on any atom is 0.131 e. The Balaban J connectivity index is 1.52. The standard InChI is InChI=1S/C17H27N3O/c1-21-13-14-7-8-20(11-14)12-15-9-18-17(19-10-15)16-5-3-2-4-6-16/h9-10,14,16H,2-8,11-13H2,1H3. The molecule has 1 atom stereocenters. The van der Waals surface area contributed by atoms with Crippen LogP contribution in [-0.2, 0) is 11.3 Å². The van der Waals surface area contributed by atoms with E-state index in [1.54, 1.807) is 7.11 Å². The molecule has 0 N–H and O–H groups in total. The molecule has 3 rings (SSSR count). The molecule has 0 aromatic carbocycles. The fourth-order valence-corrected chi connectivity index (χ4v) is 3.70. The number of methoxy groups -OCH3 is 1. The van der Waals surface area contributed by atoms with Gasteiger partial charge in [-0.25, -0.2) is 9.97 Å². The van der Waals surface area contributed by atoms with Gasteiger partial charge in [0.1, 0.15) is 5.82 Å². The van der Waals surface area contributed by atoms with Gasteiger partial charge in [0.15, 0.2) is 0 Å². The predicted molar refractivity (Wildman–Crippen MR) is 83.1 cm³/mol. The molecule has 1 aliphatic carbocycles. The third kappa shape index (κ3) is 4.01. The van der Waals surface area contributed by atoms with E-state index in [4.69, 9.17) is 4.74 Å². The lowest BCUT2D eigenvalue weighted by molar-refractivity contribution is 0.152. The van der Waals surface area contributed by atoms with Crippen LogP contribution in [0.4, 0.5) is 0 Å². The highest BCUT2D eigenvalue weighted by Gasteiger charge is 2.23. The van der Waals surface area contributed by atoms with Crippen LogP contribution >= 0.6 is 0 Å². The summed E-state index contributed by atoms with van der Waals surface area (Å²) in [4.78, 5) is 11.8. The molecule has 2 heterocycles. The molecule has 1 saturated carbocycles. The van der Waals surface area contributed by atoms with Gasteiger partial charge in [0.25, 0.3) is 0 Å². The number of nitrogens with zero attached hydrogens (tertiary/aromatic N) is 3. The zero-order valence-electron chi connectivity index (χ0n) is 13.1. The van der Waals surface area contributed by atoms with Gasteiger partial charge in [0, 0.05) is 44.1 Å². The summed E-state index contributed by atoms with van der Waals surface area (Å²) in [5.41, 5.74) is 1.24. The average molecular weight is 289 g/mol. The topological polar surface area (TPSA) is 38.2 Å². The Kier molecular flexibility index (Phi) is 5.20. The molecular formula is C17H27N3O. The van der Waals surface area contributed by atoms with Crippen molar-refractivity contribution in [3.8, 4) is 0 Å². The van der Waals surface area contributed by atoms with Crippen molar-refractivity contribution < 1.29 is 4.74 Å². The Labute approximate surface area is 127 Å². The van der Waals surface area contributed by atoms with Gasteiger partial charge in [-0.2, -0.15) is 0 Å². The van der Waals surface area contributed by atoms with Crippen LogP contribution < -0.4 is 0 Å². The minimum Gasteiger partial charge on any atom is -0.384 e. The molecule has 2 aliphatic rings. The van der Waals surface area contributed by atoms with Crippen LogP contribution in [0.3, 0.4) is 0 Å². The van der Waals surface area contributed by atoms with Gasteiger partial charge >= 0.3 is 0 Å². The normalized spacial score (nSPS) is 24.5. The van der Waals surface area contributed by atoms with Gasteiger partial charge in [0.05, 0.1) is 6.61 Å². The van der Waals surface area contributed by atoms with Gasteiger partial charge < -0.3 is 4.74 Å². The highest BCUT2D eigenvalue weighted by atomic mass is 16.5. The highest BCUT2D eigenvalue weighted by molar-refractivity contribution is 5.08. The minimum absolute atomic E-state index is 0.602. The first-order valence-electron chi connectivity index (χ1n) is 8.37. The van der Waals surface area contributed by atoms with Crippen LogP contribution in [0.15, 0.2) is 12.4 Å². The van der Waals surface area contributed by atoms with Crippen molar-refractivity contribution in [3.63, 3.8) is 0 Å². The number of rotatable bonds is 5. The van der Waals surface area contributed by atoms with E-state index >= 15 is 0 Å². The zero-order valence-corrected chi connectivity index (χ0v) is 13.1. The van der Waals surface area contributed by atoms with Crippen LogP contribution in [0.2, 0.25) is 0 Å². The molecule has 0 bridgehead atoms. The number of aromatic nitrogens is 2. The van der Waals surface area contributed by atoms with Crippen LogP contribution in [0.1, 0.15) is 55.8 Å². The first kappa shape index (κ1) is 14.9.